The topological polar surface area (TPSA) is 153 Å². The number of aliphatic imine (C=N–C) groups is 2. The molecule has 0 fully saturated rings. The van der Waals surface area contributed by atoms with Crippen LogP contribution in [0.1, 0.15) is 93.2 Å². The fraction of sp³-hybridized carbons (Fsp3) is 0.526. The van der Waals surface area contributed by atoms with Crippen molar-refractivity contribution in [3.05, 3.63) is 71.3 Å². The van der Waals surface area contributed by atoms with E-state index in [1.165, 1.54) is 11.6 Å². The Labute approximate surface area is 340 Å². The van der Waals surface area contributed by atoms with Crippen molar-refractivity contribution < 1.29 is 59.6 Å². The van der Waals surface area contributed by atoms with Gasteiger partial charge >= 0.3 is 41.5 Å². The number of hydrogen-bond acceptors (Lipinski definition) is 10. The molecule has 1 N–H and O–H groups in total. The van der Waals surface area contributed by atoms with E-state index in [1.54, 1.807) is 31.0 Å². The van der Waals surface area contributed by atoms with Crippen LogP contribution in [0.25, 0.3) is 0 Å². The molecule has 2 atom stereocenters. The molecule has 0 saturated carbocycles. The molecule has 0 radical (unpaired) electrons. The van der Waals surface area contributed by atoms with E-state index in [-0.39, 0.29) is 67.1 Å². The zero-order chi connectivity index (χ0) is 38.4. The number of nitrogens with zero attached hydrogens (tertiary/aromatic N) is 5. The van der Waals surface area contributed by atoms with Gasteiger partial charge in [-0.15, -0.1) is 0 Å². The van der Waals surface area contributed by atoms with Gasteiger partial charge in [0.15, 0.2) is 11.7 Å². The zero-order valence-corrected chi connectivity index (χ0v) is 36.2. The van der Waals surface area contributed by atoms with Crippen LogP contribution < -0.4 is 34.9 Å². The number of alkyl halides is 1. The van der Waals surface area contributed by atoms with Crippen molar-refractivity contribution >= 4 is 51.4 Å². The third kappa shape index (κ3) is 12.4. The van der Waals surface area contributed by atoms with Crippen LogP contribution in [-0.4, -0.2) is 86.5 Å². The minimum atomic E-state index is -0.835. The van der Waals surface area contributed by atoms with Crippen LogP contribution in [-0.2, 0) is 41.5 Å². The molecular formula is C38H54BrN6NaO6. The third-order valence-electron chi connectivity index (χ3n) is 8.74. The number of hydrogen-bond donors (Lipinski definition) is 1. The summed E-state index contributed by atoms with van der Waals surface area (Å²) in [4.78, 5) is 66.3. The van der Waals surface area contributed by atoms with Gasteiger partial charge in [0.2, 0.25) is 0 Å². The molecule has 0 aliphatic carbocycles. The molecule has 2 aromatic rings. The summed E-state index contributed by atoms with van der Waals surface area (Å²) in [7, 11) is 0. The van der Waals surface area contributed by atoms with Crippen molar-refractivity contribution in [2.45, 2.75) is 93.2 Å². The van der Waals surface area contributed by atoms with Gasteiger partial charge in [0.25, 0.3) is 11.8 Å². The summed E-state index contributed by atoms with van der Waals surface area (Å²) in [6.45, 7) is 20.4. The maximum Gasteiger partial charge on any atom is 1.00 e. The molecule has 4 heterocycles. The number of aryl methyl sites for hydroxylation is 2. The molecule has 14 heteroatoms. The van der Waals surface area contributed by atoms with Gasteiger partial charge in [0.05, 0.1) is 13.2 Å². The summed E-state index contributed by atoms with van der Waals surface area (Å²) in [6, 6.07) is 7.80. The van der Waals surface area contributed by atoms with E-state index in [0.717, 1.165) is 24.1 Å². The Kier molecular flexibility index (Phi) is 19.8. The van der Waals surface area contributed by atoms with E-state index in [4.69, 9.17) is 9.73 Å². The fourth-order valence-corrected chi connectivity index (χ4v) is 4.84. The van der Waals surface area contributed by atoms with Gasteiger partial charge in [-0.1, -0.05) is 75.7 Å². The fourth-order valence-electron chi connectivity index (χ4n) is 4.68. The SMILES string of the molecule is CCOC(=O)/C=C/CN1C(=O)C(C)(C(C)C)N=C1c1ccc(CC)cn1.CCOC(=O)CBr.CCc1ccc(C2=NC(C)(C(C)C)C(=O)N2)nc1.[H-].[Na+]. The molecule has 2 aliphatic heterocycles. The van der Waals surface area contributed by atoms with E-state index in [1.807, 2.05) is 72.0 Å². The number of ether oxygens (including phenoxy) is 2. The minimum Gasteiger partial charge on any atom is -1.00 e. The van der Waals surface area contributed by atoms with Crippen LogP contribution in [0, 0.1) is 11.8 Å². The number of pyridine rings is 2. The second kappa shape index (κ2) is 22.1. The predicted molar refractivity (Wildman–Crippen MR) is 204 cm³/mol. The maximum atomic E-state index is 13.0. The number of carbonyl (C=O) groups is 4. The Balaban J connectivity index is 0.000000870. The Bertz CT molecular complexity index is 1600. The van der Waals surface area contributed by atoms with E-state index in [9.17, 15) is 19.2 Å². The van der Waals surface area contributed by atoms with Crippen LogP contribution >= 0.6 is 15.9 Å². The standard InChI is InChI=1S/C20H27N3O3.C14H19N3O.C4H7BrO2.Na.H/c1-6-15-10-11-16(21-13-15)18-22-20(5,14(3)4)19(25)23(18)12-8-9-17(24)26-7-2;1-5-10-6-7-11(15-8-10)12-16-13(18)14(4,17-12)9(2)3;1-2-7-4(6)3-5;;/h8-11,13-14H,6-7,12H2,1-5H3;6-9H,5H2,1-4H3,(H,16,17,18);2-3H2,1H3;;/q;;;+1;-1/b9-8+;;;;. The van der Waals surface area contributed by atoms with E-state index in [0.29, 0.717) is 35.9 Å². The third-order valence-corrected chi connectivity index (χ3v) is 9.19. The molecule has 2 aromatic heterocycles. The maximum absolute atomic E-state index is 13.0. The molecule has 4 rings (SSSR count). The van der Waals surface area contributed by atoms with E-state index in [2.05, 4.69) is 54.8 Å². The monoisotopic (exact) mass is 792 g/mol. The average molecular weight is 794 g/mol. The van der Waals surface area contributed by atoms with Crippen LogP contribution in [0.5, 0.6) is 0 Å². The largest absolute Gasteiger partial charge is 1.00 e. The van der Waals surface area contributed by atoms with Crippen molar-refractivity contribution in [1.82, 2.24) is 20.2 Å². The van der Waals surface area contributed by atoms with E-state index < -0.39 is 17.0 Å². The Hall–Kier alpha value is -3.26. The molecule has 0 aromatic carbocycles. The summed E-state index contributed by atoms with van der Waals surface area (Å²) in [5.74, 6) is 0.563. The van der Waals surface area contributed by atoms with Crippen LogP contribution in [0.3, 0.4) is 0 Å². The number of carbonyl (C=O) groups excluding carboxylic acids is 4. The molecule has 12 nitrogen and oxygen atoms in total. The number of amides is 2. The summed E-state index contributed by atoms with van der Waals surface area (Å²) in [6.07, 6.45) is 8.45. The molecule has 2 amide bonds. The Morgan fingerprint density at radius 2 is 1.40 bits per heavy atom. The molecule has 0 bridgehead atoms. The smallest absolute Gasteiger partial charge is 1.00 e. The summed E-state index contributed by atoms with van der Waals surface area (Å²) in [5, 5.41) is 3.12. The molecule has 52 heavy (non-hydrogen) atoms. The molecule has 2 aliphatic rings. The molecule has 2 unspecified atom stereocenters. The average Bonchev–Trinajstić information content (AvgIpc) is 3.58. The van der Waals surface area contributed by atoms with Gasteiger partial charge in [0.1, 0.15) is 27.8 Å². The second-order valence-corrected chi connectivity index (χ2v) is 13.3. The first-order valence-corrected chi connectivity index (χ1v) is 18.5. The summed E-state index contributed by atoms with van der Waals surface area (Å²) in [5.41, 5.74) is 2.17. The number of rotatable bonds is 12. The summed E-state index contributed by atoms with van der Waals surface area (Å²) < 4.78 is 9.38. The van der Waals surface area contributed by atoms with Gasteiger partial charge in [-0.3, -0.25) is 29.3 Å². The first-order valence-electron chi connectivity index (χ1n) is 17.4. The number of halogens is 1. The van der Waals surface area contributed by atoms with Gasteiger partial charge in [0, 0.05) is 25.0 Å². The van der Waals surface area contributed by atoms with Gasteiger partial charge in [-0.05, 0) is 75.6 Å². The molecular weight excluding hydrogens is 739 g/mol. The Morgan fingerprint density at radius 1 is 0.865 bits per heavy atom. The first-order chi connectivity index (χ1) is 24.1. The second-order valence-electron chi connectivity index (χ2n) is 12.8. The molecule has 0 spiro atoms. The van der Waals surface area contributed by atoms with E-state index >= 15 is 0 Å². The molecule has 0 saturated heterocycles. The first kappa shape index (κ1) is 46.8. The van der Waals surface area contributed by atoms with Gasteiger partial charge < -0.3 is 16.2 Å². The normalized spacial score (nSPS) is 19.2. The number of nitrogens with one attached hydrogen (secondary N) is 1. The quantitative estimate of drug-likeness (QED) is 0.149. The van der Waals surface area contributed by atoms with Crippen LogP contribution in [0.15, 0.2) is 58.8 Å². The van der Waals surface area contributed by atoms with Crippen molar-refractivity contribution in [2.75, 3.05) is 25.1 Å². The number of amidine groups is 2. The van der Waals surface area contributed by atoms with Crippen molar-refractivity contribution in [3.63, 3.8) is 0 Å². The minimum absolute atomic E-state index is 0. The predicted octanol–water partition coefficient (Wildman–Crippen LogP) is 2.76. The van der Waals surface area contributed by atoms with Crippen LogP contribution in [0.4, 0.5) is 0 Å². The number of esters is 2. The zero-order valence-electron chi connectivity index (χ0n) is 33.6. The summed E-state index contributed by atoms with van der Waals surface area (Å²) >= 11 is 2.94. The van der Waals surface area contributed by atoms with Gasteiger partial charge in [-0.2, -0.15) is 0 Å². The Morgan fingerprint density at radius 3 is 1.81 bits per heavy atom. The molecule has 280 valence electrons. The van der Waals surface area contributed by atoms with Crippen molar-refractivity contribution in [1.29, 1.82) is 0 Å². The number of aromatic nitrogens is 2. The van der Waals surface area contributed by atoms with Crippen LogP contribution in [0.2, 0.25) is 0 Å². The van der Waals surface area contributed by atoms with Crippen molar-refractivity contribution in [2.24, 2.45) is 21.8 Å². The van der Waals surface area contributed by atoms with Crippen molar-refractivity contribution in [3.8, 4) is 0 Å². The van der Waals surface area contributed by atoms with Gasteiger partial charge in [-0.25, -0.2) is 14.8 Å².